The molecule has 0 aliphatic carbocycles. The number of hydrogen-bond acceptors (Lipinski definition) is 5. The molecule has 0 aliphatic heterocycles. The summed E-state index contributed by atoms with van der Waals surface area (Å²) < 4.78 is 4.95. The van der Waals surface area contributed by atoms with E-state index in [1.165, 1.54) is 0 Å². The summed E-state index contributed by atoms with van der Waals surface area (Å²) in [5.41, 5.74) is 1.94. The molecule has 96 valence electrons. The molecule has 6 heteroatoms. The zero-order chi connectivity index (χ0) is 12.7. The topological polar surface area (TPSA) is 59.9 Å². The van der Waals surface area contributed by atoms with E-state index in [0.717, 1.165) is 24.2 Å². The number of aromatic nitrogens is 3. The summed E-state index contributed by atoms with van der Waals surface area (Å²) in [6.45, 7) is 5.16. The first-order valence-electron chi connectivity index (χ1n) is 5.80. The van der Waals surface area contributed by atoms with Crippen molar-refractivity contribution in [1.82, 2.24) is 15.2 Å². The molecule has 0 aliphatic rings. The summed E-state index contributed by atoms with van der Waals surface area (Å²) in [5.74, 6) is 0.529. The molecule has 1 aromatic heterocycles. The van der Waals surface area contributed by atoms with Crippen molar-refractivity contribution in [3.05, 3.63) is 11.4 Å². The third kappa shape index (κ3) is 4.44. The molecule has 0 spiro atoms. The smallest absolute Gasteiger partial charge is 0.243 e. The minimum absolute atomic E-state index is 0.0977. The highest BCUT2D eigenvalue weighted by Gasteiger charge is 2.08. The number of methoxy groups -OCH3 is 1. The fourth-order valence-electron chi connectivity index (χ4n) is 1.45. The molecule has 17 heavy (non-hydrogen) atoms. The van der Waals surface area contributed by atoms with Gasteiger partial charge in [-0.25, -0.2) is 4.98 Å². The van der Waals surface area contributed by atoms with E-state index in [1.54, 1.807) is 7.11 Å². The first-order valence-corrected chi connectivity index (χ1v) is 6.24. The number of rotatable bonds is 7. The van der Waals surface area contributed by atoms with Gasteiger partial charge in [0, 0.05) is 13.7 Å². The number of nitrogens with zero attached hydrogens (tertiary/aromatic N) is 3. The van der Waals surface area contributed by atoms with E-state index in [0.29, 0.717) is 19.1 Å². The van der Waals surface area contributed by atoms with Gasteiger partial charge in [-0.1, -0.05) is 13.8 Å². The first-order chi connectivity index (χ1) is 8.21. The maximum absolute atomic E-state index is 6.00. The first kappa shape index (κ1) is 14.1. The predicted molar refractivity (Wildman–Crippen MR) is 68.6 cm³/mol. The molecular formula is C11H19ClN4O. The standard InChI is InChI=1S/C11H19ClN4O/c1-4-9-10(5-2)15-16-11(14-9)13-6-8(12)7-17-3/h8H,4-7H2,1-3H3,(H,13,14,16). The summed E-state index contributed by atoms with van der Waals surface area (Å²) >= 11 is 6.00. The van der Waals surface area contributed by atoms with Gasteiger partial charge in [-0.3, -0.25) is 0 Å². The number of hydrogen-bond donors (Lipinski definition) is 1. The van der Waals surface area contributed by atoms with Crippen molar-refractivity contribution in [2.24, 2.45) is 0 Å². The van der Waals surface area contributed by atoms with Crippen LogP contribution in [0, 0.1) is 0 Å². The van der Waals surface area contributed by atoms with E-state index in [-0.39, 0.29) is 5.38 Å². The van der Waals surface area contributed by atoms with E-state index in [9.17, 15) is 0 Å². The quantitative estimate of drug-likeness (QED) is 0.754. The molecular weight excluding hydrogens is 240 g/mol. The van der Waals surface area contributed by atoms with Crippen molar-refractivity contribution in [2.75, 3.05) is 25.6 Å². The molecule has 0 aromatic carbocycles. The number of halogens is 1. The Balaban J connectivity index is 2.60. The summed E-state index contributed by atoms with van der Waals surface area (Å²) in [6, 6.07) is 0. The van der Waals surface area contributed by atoms with Crippen LogP contribution in [-0.4, -0.2) is 40.8 Å². The molecule has 1 atom stereocenters. The fourth-order valence-corrected chi connectivity index (χ4v) is 1.66. The van der Waals surface area contributed by atoms with Crippen LogP contribution in [0.4, 0.5) is 5.95 Å². The monoisotopic (exact) mass is 258 g/mol. The van der Waals surface area contributed by atoms with Crippen LogP contribution in [0.2, 0.25) is 0 Å². The molecule has 0 amide bonds. The number of aryl methyl sites for hydroxylation is 2. The number of nitrogens with one attached hydrogen (secondary N) is 1. The van der Waals surface area contributed by atoms with Crippen LogP contribution in [0.3, 0.4) is 0 Å². The second kappa shape index (κ2) is 7.40. The van der Waals surface area contributed by atoms with Crippen molar-refractivity contribution < 1.29 is 4.74 Å². The van der Waals surface area contributed by atoms with Crippen LogP contribution in [0.1, 0.15) is 25.2 Å². The van der Waals surface area contributed by atoms with Gasteiger partial charge in [-0.15, -0.1) is 16.7 Å². The van der Waals surface area contributed by atoms with Gasteiger partial charge in [0.2, 0.25) is 5.95 Å². The molecule has 0 fully saturated rings. The van der Waals surface area contributed by atoms with Crippen LogP contribution >= 0.6 is 11.6 Å². The van der Waals surface area contributed by atoms with Gasteiger partial charge in [0.1, 0.15) is 0 Å². The molecule has 0 saturated heterocycles. The average Bonchev–Trinajstić information content (AvgIpc) is 2.36. The third-order valence-corrected chi connectivity index (χ3v) is 2.62. The maximum Gasteiger partial charge on any atom is 0.243 e. The minimum Gasteiger partial charge on any atom is -0.383 e. The third-order valence-electron chi connectivity index (χ3n) is 2.34. The Morgan fingerprint density at radius 1 is 1.24 bits per heavy atom. The molecule has 0 bridgehead atoms. The van der Waals surface area contributed by atoms with E-state index in [2.05, 4.69) is 27.4 Å². The fraction of sp³-hybridized carbons (Fsp3) is 0.727. The lowest BCUT2D eigenvalue weighted by atomic mass is 10.2. The molecule has 1 N–H and O–H groups in total. The van der Waals surface area contributed by atoms with Gasteiger partial charge in [0.05, 0.1) is 23.4 Å². The van der Waals surface area contributed by atoms with Crippen LogP contribution in [0.25, 0.3) is 0 Å². The van der Waals surface area contributed by atoms with Gasteiger partial charge in [0.15, 0.2) is 0 Å². The summed E-state index contributed by atoms with van der Waals surface area (Å²) in [4.78, 5) is 4.41. The molecule has 1 unspecified atom stereocenters. The number of ether oxygens (including phenoxy) is 1. The lowest BCUT2D eigenvalue weighted by Gasteiger charge is -2.10. The van der Waals surface area contributed by atoms with E-state index >= 15 is 0 Å². The van der Waals surface area contributed by atoms with Gasteiger partial charge < -0.3 is 10.1 Å². The van der Waals surface area contributed by atoms with Crippen molar-refractivity contribution in [3.8, 4) is 0 Å². The summed E-state index contributed by atoms with van der Waals surface area (Å²) in [6.07, 6.45) is 1.71. The van der Waals surface area contributed by atoms with Crippen molar-refractivity contribution in [1.29, 1.82) is 0 Å². The maximum atomic E-state index is 6.00. The van der Waals surface area contributed by atoms with E-state index in [1.807, 2.05) is 6.92 Å². The SMILES string of the molecule is CCc1nnc(NCC(Cl)COC)nc1CC. The van der Waals surface area contributed by atoms with E-state index < -0.39 is 0 Å². The van der Waals surface area contributed by atoms with Crippen LogP contribution in [-0.2, 0) is 17.6 Å². The lowest BCUT2D eigenvalue weighted by molar-refractivity contribution is 0.200. The van der Waals surface area contributed by atoms with Crippen molar-refractivity contribution in [2.45, 2.75) is 32.1 Å². The highest BCUT2D eigenvalue weighted by molar-refractivity contribution is 6.21. The molecule has 5 nitrogen and oxygen atoms in total. The second-order valence-corrected chi connectivity index (χ2v) is 4.29. The molecule has 1 rings (SSSR count). The van der Waals surface area contributed by atoms with Gasteiger partial charge in [0.25, 0.3) is 0 Å². The van der Waals surface area contributed by atoms with E-state index in [4.69, 9.17) is 16.3 Å². The van der Waals surface area contributed by atoms with Crippen molar-refractivity contribution >= 4 is 17.5 Å². The average molecular weight is 259 g/mol. The van der Waals surface area contributed by atoms with Gasteiger partial charge >= 0.3 is 0 Å². The van der Waals surface area contributed by atoms with Crippen molar-refractivity contribution in [3.63, 3.8) is 0 Å². The molecule has 0 saturated carbocycles. The summed E-state index contributed by atoms with van der Waals surface area (Å²) in [7, 11) is 1.62. The zero-order valence-corrected chi connectivity index (χ0v) is 11.3. The Morgan fingerprint density at radius 2 is 1.94 bits per heavy atom. The minimum atomic E-state index is -0.0977. The van der Waals surface area contributed by atoms with Crippen LogP contribution < -0.4 is 5.32 Å². The predicted octanol–water partition coefficient (Wildman–Crippen LogP) is 1.66. The number of alkyl halides is 1. The number of anilines is 1. The van der Waals surface area contributed by atoms with Gasteiger partial charge in [-0.05, 0) is 12.8 Å². The molecule has 1 heterocycles. The Kier molecular flexibility index (Phi) is 6.15. The Morgan fingerprint density at radius 3 is 2.53 bits per heavy atom. The highest BCUT2D eigenvalue weighted by Crippen LogP contribution is 2.07. The molecule has 1 aromatic rings. The highest BCUT2D eigenvalue weighted by atomic mass is 35.5. The normalized spacial score (nSPS) is 12.5. The lowest BCUT2D eigenvalue weighted by Crippen LogP contribution is -2.21. The zero-order valence-electron chi connectivity index (χ0n) is 10.5. The largest absolute Gasteiger partial charge is 0.383 e. The second-order valence-electron chi connectivity index (χ2n) is 3.67. The Labute approximate surface area is 107 Å². The molecule has 0 radical (unpaired) electrons. The van der Waals surface area contributed by atoms with Crippen LogP contribution in [0.15, 0.2) is 0 Å². The van der Waals surface area contributed by atoms with Crippen LogP contribution in [0.5, 0.6) is 0 Å². The Bertz CT molecular complexity index is 348. The Hall–Kier alpha value is -0.940. The summed E-state index contributed by atoms with van der Waals surface area (Å²) in [5, 5.41) is 11.1. The van der Waals surface area contributed by atoms with Gasteiger partial charge in [-0.2, -0.15) is 5.10 Å².